The molecule has 1 atom stereocenters. The van der Waals surface area contributed by atoms with E-state index in [4.69, 9.17) is 21.1 Å². The number of aromatic nitrogens is 1. The molecule has 1 unspecified atom stereocenters. The summed E-state index contributed by atoms with van der Waals surface area (Å²) in [5.74, 6) is 0.331. The molecular formula is C17H19ClN2O5S2. The van der Waals surface area contributed by atoms with E-state index in [2.05, 4.69) is 4.98 Å². The molecule has 1 aliphatic rings. The zero-order valence-corrected chi connectivity index (χ0v) is 17.2. The van der Waals surface area contributed by atoms with E-state index in [0.29, 0.717) is 25.4 Å². The molecule has 1 fully saturated rings. The SMILES string of the molecule is Cc1ccc(OCC2CN(C(=O)c3scc(S(C)(=O)=O)c3Cl)CCO2)cn1. The molecule has 1 saturated heterocycles. The molecule has 10 heteroatoms. The number of sulfone groups is 1. The van der Waals surface area contributed by atoms with Gasteiger partial charge in [0.15, 0.2) is 9.84 Å². The number of carbonyl (C=O) groups excluding carboxylic acids is 1. The zero-order valence-electron chi connectivity index (χ0n) is 14.8. The molecule has 3 rings (SSSR count). The van der Waals surface area contributed by atoms with Crippen molar-refractivity contribution in [1.29, 1.82) is 0 Å². The largest absolute Gasteiger partial charge is 0.489 e. The van der Waals surface area contributed by atoms with Crippen molar-refractivity contribution >= 4 is 38.7 Å². The standard InChI is InChI=1S/C17H19ClN2O5S2/c1-11-3-4-12(7-19-11)25-9-13-8-20(5-6-24-13)17(21)16-15(18)14(10-26-16)27(2,22)23/h3-4,7,10,13H,5-6,8-9H2,1-2H3. The molecule has 2 aromatic heterocycles. The van der Waals surface area contributed by atoms with Gasteiger partial charge >= 0.3 is 0 Å². The molecule has 1 amide bonds. The molecule has 146 valence electrons. The van der Waals surface area contributed by atoms with Crippen LogP contribution in [0.25, 0.3) is 0 Å². The number of hydrogen-bond acceptors (Lipinski definition) is 7. The Kier molecular flexibility index (Phi) is 6.05. The van der Waals surface area contributed by atoms with Crippen molar-refractivity contribution < 1.29 is 22.7 Å². The van der Waals surface area contributed by atoms with Crippen LogP contribution in [-0.2, 0) is 14.6 Å². The topological polar surface area (TPSA) is 85.8 Å². The molecular weight excluding hydrogens is 412 g/mol. The molecule has 0 bridgehead atoms. The number of nitrogens with zero attached hydrogens (tertiary/aromatic N) is 2. The molecule has 7 nitrogen and oxygen atoms in total. The van der Waals surface area contributed by atoms with Gasteiger partial charge in [-0.05, 0) is 19.1 Å². The van der Waals surface area contributed by atoms with E-state index in [-0.39, 0.29) is 33.4 Å². The summed E-state index contributed by atoms with van der Waals surface area (Å²) in [5.41, 5.74) is 0.898. The predicted octanol–water partition coefficient (Wildman–Crippen LogP) is 2.43. The van der Waals surface area contributed by atoms with Gasteiger partial charge < -0.3 is 14.4 Å². The Morgan fingerprint density at radius 1 is 1.48 bits per heavy atom. The molecule has 0 aromatic carbocycles. The molecule has 0 N–H and O–H groups in total. The van der Waals surface area contributed by atoms with E-state index >= 15 is 0 Å². The molecule has 0 aliphatic carbocycles. The Bertz CT molecular complexity index is 927. The van der Waals surface area contributed by atoms with Crippen LogP contribution in [0.3, 0.4) is 0 Å². The van der Waals surface area contributed by atoms with Crippen LogP contribution in [-0.4, -0.2) is 62.9 Å². The number of pyridine rings is 1. The summed E-state index contributed by atoms with van der Waals surface area (Å²) in [7, 11) is -3.47. The lowest BCUT2D eigenvalue weighted by molar-refractivity contribution is -0.0400. The lowest BCUT2D eigenvalue weighted by Crippen LogP contribution is -2.47. The highest BCUT2D eigenvalue weighted by Crippen LogP contribution is 2.32. The van der Waals surface area contributed by atoms with Crippen LogP contribution in [0.2, 0.25) is 5.02 Å². The Labute approximate surface area is 166 Å². The number of halogens is 1. The van der Waals surface area contributed by atoms with E-state index in [9.17, 15) is 13.2 Å². The summed E-state index contributed by atoms with van der Waals surface area (Å²) in [5, 5.41) is 1.38. The van der Waals surface area contributed by atoms with Gasteiger partial charge in [-0.25, -0.2) is 8.42 Å². The predicted molar refractivity (Wildman–Crippen MR) is 103 cm³/mol. The van der Waals surface area contributed by atoms with E-state index in [0.717, 1.165) is 23.3 Å². The summed E-state index contributed by atoms with van der Waals surface area (Å²) in [6, 6.07) is 3.68. The Hall–Kier alpha value is -1.68. The lowest BCUT2D eigenvalue weighted by atomic mass is 10.2. The monoisotopic (exact) mass is 430 g/mol. The van der Waals surface area contributed by atoms with Gasteiger partial charge in [-0.3, -0.25) is 9.78 Å². The summed E-state index contributed by atoms with van der Waals surface area (Å²) in [6.45, 7) is 3.28. The Morgan fingerprint density at radius 2 is 2.26 bits per heavy atom. The number of hydrogen-bond donors (Lipinski definition) is 0. The molecule has 3 heterocycles. The van der Waals surface area contributed by atoms with E-state index in [1.54, 1.807) is 11.1 Å². The van der Waals surface area contributed by atoms with Crippen molar-refractivity contribution in [1.82, 2.24) is 9.88 Å². The van der Waals surface area contributed by atoms with Crippen molar-refractivity contribution in [2.45, 2.75) is 17.9 Å². The molecule has 2 aromatic rings. The first-order valence-corrected chi connectivity index (χ1v) is 11.3. The highest BCUT2D eigenvalue weighted by molar-refractivity contribution is 7.91. The first-order valence-electron chi connectivity index (χ1n) is 8.19. The van der Waals surface area contributed by atoms with Gasteiger partial charge in [0.25, 0.3) is 5.91 Å². The minimum Gasteiger partial charge on any atom is -0.489 e. The van der Waals surface area contributed by atoms with Gasteiger partial charge in [0.1, 0.15) is 23.3 Å². The van der Waals surface area contributed by atoms with E-state index in [1.807, 2.05) is 19.1 Å². The number of ether oxygens (including phenoxy) is 2. The average molecular weight is 431 g/mol. The second kappa shape index (κ2) is 8.14. The summed E-state index contributed by atoms with van der Waals surface area (Å²) >= 11 is 7.17. The smallest absolute Gasteiger partial charge is 0.265 e. The van der Waals surface area contributed by atoms with Gasteiger partial charge in [0, 0.05) is 23.9 Å². The van der Waals surface area contributed by atoms with Crippen LogP contribution in [0.15, 0.2) is 28.6 Å². The van der Waals surface area contributed by atoms with Crippen molar-refractivity contribution in [3.8, 4) is 5.75 Å². The summed E-state index contributed by atoms with van der Waals surface area (Å²) in [6.07, 6.45) is 2.41. The van der Waals surface area contributed by atoms with Gasteiger partial charge in [0.2, 0.25) is 0 Å². The Morgan fingerprint density at radius 3 is 2.89 bits per heavy atom. The highest BCUT2D eigenvalue weighted by Gasteiger charge is 2.29. The summed E-state index contributed by atoms with van der Waals surface area (Å²) < 4.78 is 34.8. The number of carbonyl (C=O) groups is 1. The van der Waals surface area contributed by atoms with E-state index in [1.165, 1.54) is 5.38 Å². The second-order valence-corrected chi connectivity index (χ2v) is 9.45. The second-order valence-electron chi connectivity index (χ2n) is 6.21. The maximum Gasteiger partial charge on any atom is 0.265 e. The maximum atomic E-state index is 12.8. The molecule has 27 heavy (non-hydrogen) atoms. The molecule has 0 saturated carbocycles. The fourth-order valence-corrected chi connectivity index (χ4v) is 5.48. The minimum atomic E-state index is -3.47. The van der Waals surface area contributed by atoms with Crippen molar-refractivity contribution in [2.75, 3.05) is 32.6 Å². The van der Waals surface area contributed by atoms with Crippen LogP contribution >= 0.6 is 22.9 Å². The minimum absolute atomic E-state index is 0.0162. The van der Waals surface area contributed by atoms with Gasteiger partial charge in [-0.15, -0.1) is 11.3 Å². The summed E-state index contributed by atoms with van der Waals surface area (Å²) in [4.78, 5) is 18.7. The average Bonchev–Trinajstić information content (AvgIpc) is 3.02. The number of morpholine rings is 1. The van der Waals surface area contributed by atoms with Gasteiger partial charge in [-0.2, -0.15) is 0 Å². The van der Waals surface area contributed by atoms with Gasteiger partial charge in [-0.1, -0.05) is 11.6 Å². The first kappa shape index (κ1) is 20.1. The third kappa shape index (κ3) is 4.78. The number of amides is 1. The third-order valence-electron chi connectivity index (χ3n) is 4.04. The quantitative estimate of drug-likeness (QED) is 0.724. The normalized spacial score (nSPS) is 17.7. The third-order valence-corrected chi connectivity index (χ3v) is 6.89. The first-order chi connectivity index (χ1) is 12.8. The highest BCUT2D eigenvalue weighted by atomic mass is 35.5. The van der Waals surface area contributed by atoms with Crippen molar-refractivity contribution in [3.63, 3.8) is 0 Å². The van der Waals surface area contributed by atoms with Crippen molar-refractivity contribution in [2.24, 2.45) is 0 Å². The number of rotatable bonds is 5. The molecule has 1 aliphatic heterocycles. The fraction of sp³-hybridized carbons (Fsp3) is 0.412. The maximum absolute atomic E-state index is 12.8. The van der Waals surface area contributed by atoms with E-state index < -0.39 is 9.84 Å². The Balaban J connectivity index is 1.64. The fourth-order valence-electron chi connectivity index (χ4n) is 2.60. The van der Waals surface area contributed by atoms with Crippen LogP contribution in [0.4, 0.5) is 0 Å². The molecule has 0 radical (unpaired) electrons. The van der Waals surface area contributed by atoms with Crippen LogP contribution in [0.1, 0.15) is 15.4 Å². The van der Waals surface area contributed by atoms with Crippen LogP contribution < -0.4 is 4.74 Å². The molecule has 0 spiro atoms. The van der Waals surface area contributed by atoms with Crippen molar-refractivity contribution in [3.05, 3.63) is 39.3 Å². The lowest BCUT2D eigenvalue weighted by Gasteiger charge is -2.32. The number of aryl methyl sites for hydroxylation is 1. The van der Waals surface area contributed by atoms with Crippen LogP contribution in [0, 0.1) is 6.92 Å². The van der Waals surface area contributed by atoms with Gasteiger partial charge in [0.05, 0.1) is 29.3 Å². The number of thiophene rings is 1. The zero-order chi connectivity index (χ0) is 19.6. The van der Waals surface area contributed by atoms with Crippen LogP contribution in [0.5, 0.6) is 5.75 Å².